The number of phenolic OH excluding ortho intramolecular Hbond substituents is 1. The lowest BCUT2D eigenvalue weighted by molar-refractivity contribution is -0.941. The smallest absolute Gasteiger partial charge is 0.201 e. The minimum Gasteiger partial charge on any atom is -0.550 e. The van der Waals surface area contributed by atoms with Crippen LogP contribution in [0, 0.1) is 0 Å². The highest BCUT2D eigenvalue weighted by Gasteiger charge is 2.43. The minimum atomic E-state index is -1.10. The highest BCUT2D eigenvalue weighted by atomic mass is 35.5. The number of rotatable bonds is 6. The monoisotopic (exact) mass is 752 g/mol. The molecule has 0 saturated carbocycles. The first-order valence-corrected chi connectivity index (χ1v) is 17.1. The van der Waals surface area contributed by atoms with Crippen molar-refractivity contribution in [2.45, 2.75) is 44.2 Å². The second kappa shape index (κ2) is 15.7. The maximum absolute atomic E-state index is 11.9. The van der Waals surface area contributed by atoms with E-state index in [0.29, 0.717) is 64.9 Å². The maximum atomic E-state index is 11.9. The fourth-order valence-corrected chi connectivity index (χ4v) is 7.95. The first-order chi connectivity index (χ1) is 24.1. The van der Waals surface area contributed by atoms with Gasteiger partial charge in [0.15, 0.2) is 34.5 Å². The third-order valence-corrected chi connectivity index (χ3v) is 10.9. The van der Waals surface area contributed by atoms with E-state index in [1.165, 1.54) is 12.7 Å². The molecule has 10 nitrogen and oxygen atoms in total. The molecule has 0 amide bonds. The Kier molecular flexibility index (Phi) is 11.7. The zero-order chi connectivity index (χ0) is 35.2. The Bertz CT molecular complexity index is 1940. The molecule has 0 fully saturated rings. The molecule has 6 bridgehead atoms. The lowest BCUT2D eigenvalue weighted by Crippen LogP contribution is -2.53. The molecule has 4 aliphatic heterocycles. The molecule has 3 unspecified atom stereocenters. The van der Waals surface area contributed by atoms with Crippen molar-refractivity contribution in [3.05, 3.63) is 94.0 Å². The van der Waals surface area contributed by atoms with Crippen LogP contribution in [0.1, 0.15) is 51.9 Å². The Morgan fingerprint density at radius 2 is 1.54 bits per heavy atom. The van der Waals surface area contributed by atoms with Crippen LogP contribution < -0.4 is 28.8 Å². The van der Waals surface area contributed by atoms with E-state index in [0.717, 1.165) is 47.2 Å². The molecule has 8 rings (SSSR count). The normalized spacial score (nSPS) is 20.3. The van der Waals surface area contributed by atoms with Gasteiger partial charge in [0.05, 0.1) is 47.0 Å². The van der Waals surface area contributed by atoms with Crippen LogP contribution in [0.25, 0.3) is 0 Å². The number of methoxy groups -OCH3 is 3. The Morgan fingerprint density at radius 3 is 2.23 bits per heavy atom. The molecule has 4 aliphatic rings. The zero-order valence-corrected chi connectivity index (χ0v) is 31.7. The number of hydrogen-bond acceptors (Lipinski definition) is 9. The topological polar surface area (TPSA) is 110 Å². The Balaban J connectivity index is 0.00000261. The summed E-state index contributed by atoms with van der Waals surface area (Å²) < 4.78 is 31.0. The number of phenols is 1. The molecule has 0 aliphatic carbocycles. The molecule has 52 heavy (non-hydrogen) atoms. The maximum Gasteiger partial charge on any atom is 0.201 e. The lowest BCUT2D eigenvalue weighted by Gasteiger charge is -2.46. The number of aliphatic carboxylic acids is 1. The van der Waals surface area contributed by atoms with Crippen LogP contribution in [-0.2, 0) is 30.5 Å². The molecule has 4 aromatic rings. The summed E-state index contributed by atoms with van der Waals surface area (Å²) in [7, 11) is 8.98. The highest BCUT2D eigenvalue weighted by molar-refractivity contribution is 5.85. The largest absolute Gasteiger partial charge is 0.550 e. The van der Waals surface area contributed by atoms with Gasteiger partial charge in [0.2, 0.25) is 5.75 Å². The molecule has 0 aromatic heterocycles. The second-order valence-electron chi connectivity index (χ2n) is 13.8. The number of fused-ring (bicyclic) bond motifs is 2. The van der Waals surface area contributed by atoms with E-state index >= 15 is 0 Å². The van der Waals surface area contributed by atoms with Crippen molar-refractivity contribution >= 4 is 30.8 Å². The van der Waals surface area contributed by atoms with Gasteiger partial charge >= 0.3 is 0 Å². The van der Waals surface area contributed by atoms with E-state index < -0.39 is 5.97 Å². The van der Waals surface area contributed by atoms with Crippen molar-refractivity contribution in [2.24, 2.45) is 0 Å². The molecular weight excluding hydrogens is 707 g/mol. The third kappa shape index (κ3) is 7.30. The standard InChI is InChI=1S/C40H44N2O8.2ClH/c1-41-15-12-26-21-33(47-4)35-23-29(26)30(41)18-24-6-9-28(10-7-24)49-34-20-25(8-11-32(34)46-3)19-31-38-27(13-16-42(31,2)17-14-37(43)44)22-36(48-5)39(45)40(38)50-35;;/h6-11,20-23,30-31H,12-19H2,1-5H3,(H-,43,44,45);2*1H. The zero-order valence-electron chi connectivity index (χ0n) is 30.1. The molecule has 0 radical (unpaired) electrons. The van der Waals surface area contributed by atoms with Crippen LogP contribution >= 0.6 is 24.8 Å². The number of carbonyl (C=O) groups is 1. The van der Waals surface area contributed by atoms with Crippen molar-refractivity contribution in [3.8, 4) is 46.0 Å². The van der Waals surface area contributed by atoms with Crippen LogP contribution in [0.4, 0.5) is 0 Å². The first-order valence-electron chi connectivity index (χ1n) is 17.1. The van der Waals surface area contributed by atoms with Gasteiger partial charge in [-0.05, 0) is 90.2 Å². The number of quaternary nitrogens is 1. The quantitative estimate of drug-likeness (QED) is 0.225. The third-order valence-electron chi connectivity index (χ3n) is 10.9. The van der Waals surface area contributed by atoms with Gasteiger partial charge in [-0.3, -0.25) is 4.90 Å². The predicted molar refractivity (Wildman–Crippen MR) is 200 cm³/mol. The molecule has 278 valence electrons. The molecule has 4 aromatic carbocycles. The van der Waals surface area contributed by atoms with E-state index in [1.54, 1.807) is 14.2 Å². The Hall–Kier alpha value is -4.35. The number of halogens is 2. The summed E-state index contributed by atoms with van der Waals surface area (Å²) in [4.78, 5) is 14.2. The van der Waals surface area contributed by atoms with Gasteiger partial charge in [-0.1, -0.05) is 18.2 Å². The van der Waals surface area contributed by atoms with E-state index in [1.807, 2.05) is 36.4 Å². The van der Waals surface area contributed by atoms with E-state index in [2.05, 4.69) is 43.3 Å². The number of carbonyl (C=O) groups excluding carboxylic acids is 1. The number of benzene rings is 4. The summed E-state index contributed by atoms with van der Waals surface area (Å²) in [5.41, 5.74) is 6.22. The number of nitrogens with zero attached hydrogens (tertiary/aromatic N) is 2. The lowest BCUT2D eigenvalue weighted by atomic mass is 9.85. The fraction of sp³-hybridized carbons (Fsp3) is 0.375. The van der Waals surface area contributed by atoms with Crippen molar-refractivity contribution in [2.75, 3.05) is 55.1 Å². The molecule has 12 heteroatoms. The SMILES string of the molecule is COc1ccc2cc1Oc1ccc(cc1)CC1c3cc(c(OC)cc3CCN1C)Oc1c(O)c(OC)cc3c1C(C2)[N+](C)(CCC(=O)[O-])CC3.Cl.Cl. The van der Waals surface area contributed by atoms with Gasteiger partial charge in [-0.25, -0.2) is 0 Å². The molecular formula is C40H46Cl2N2O8. The van der Waals surface area contributed by atoms with Crippen LogP contribution in [0.3, 0.4) is 0 Å². The summed E-state index contributed by atoms with van der Waals surface area (Å²) in [6, 6.07) is 19.8. The summed E-state index contributed by atoms with van der Waals surface area (Å²) >= 11 is 0. The van der Waals surface area contributed by atoms with Crippen LogP contribution in [-0.4, -0.2) is 75.5 Å². The van der Waals surface area contributed by atoms with E-state index in [9.17, 15) is 15.0 Å². The summed E-state index contributed by atoms with van der Waals surface area (Å²) in [5.74, 6) is 2.29. The van der Waals surface area contributed by atoms with Crippen molar-refractivity contribution in [3.63, 3.8) is 0 Å². The summed E-state index contributed by atoms with van der Waals surface area (Å²) in [6.45, 7) is 1.90. The number of carboxylic acid groups (broad SMARTS) is 1. The van der Waals surface area contributed by atoms with Crippen LogP contribution in [0.5, 0.6) is 46.0 Å². The van der Waals surface area contributed by atoms with Gasteiger partial charge in [0, 0.05) is 37.8 Å². The molecule has 3 atom stereocenters. The van der Waals surface area contributed by atoms with Crippen LogP contribution in [0.2, 0.25) is 0 Å². The minimum absolute atomic E-state index is 0. The van der Waals surface area contributed by atoms with Gasteiger partial charge in [-0.2, -0.15) is 0 Å². The fourth-order valence-electron chi connectivity index (χ4n) is 7.95. The van der Waals surface area contributed by atoms with Crippen molar-refractivity contribution in [1.29, 1.82) is 0 Å². The average molecular weight is 754 g/mol. The highest BCUT2D eigenvalue weighted by Crippen LogP contribution is 2.53. The number of ether oxygens (including phenoxy) is 5. The molecule has 4 heterocycles. The molecule has 1 N–H and O–H groups in total. The van der Waals surface area contributed by atoms with E-state index in [-0.39, 0.29) is 54.8 Å². The number of hydrogen-bond donors (Lipinski definition) is 1. The van der Waals surface area contributed by atoms with E-state index in [4.69, 9.17) is 23.7 Å². The predicted octanol–water partition coefficient (Wildman–Crippen LogP) is 6.36. The number of likely N-dealkylation sites (N-methyl/N-ethyl adjacent to an activating group) is 2. The number of carboxylic acids is 1. The average Bonchev–Trinajstić information content (AvgIpc) is 3.11. The second-order valence-corrected chi connectivity index (χ2v) is 13.8. The van der Waals surface area contributed by atoms with Gasteiger partial charge in [0.1, 0.15) is 11.8 Å². The number of aromatic hydroxyl groups is 1. The molecule has 0 saturated heterocycles. The Labute approximate surface area is 317 Å². The van der Waals surface area contributed by atoms with Gasteiger partial charge in [-0.15, -0.1) is 24.8 Å². The van der Waals surface area contributed by atoms with Gasteiger partial charge < -0.3 is 43.2 Å². The summed E-state index contributed by atoms with van der Waals surface area (Å²) in [5, 5.41) is 23.7. The molecule has 0 spiro atoms. The summed E-state index contributed by atoms with van der Waals surface area (Å²) in [6.07, 6.45) is 2.64. The van der Waals surface area contributed by atoms with Crippen LogP contribution in [0.15, 0.2) is 60.7 Å². The Morgan fingerprint density at radius 1 is 0.865 bits per heavy atom. The van der Waals surface area contributed by atoms with Crippen molar-refractivity contribution < 1.29 is 43.2 Å². The van der Waals surface area contributed by atoms with Crippen molar-refractivity contribution in [1.82, 2.24) is 4.90 Å². The van der Waals surface area contributed by atoms with Gasteiger partial charge in [0.25, 0.3) is 0 Å². The first kappa shape index (κ1) is 38.9.